The van der Waals surface area contributed by atoms with E-state index >= 15 is 0 Å². The Kier molecular flexibility index (Phi) is 3.46. The molecule has 20 heavy (non-hydrogen) atoms. The smallest absolute Gasteiger partial charge is 0.200 e. The minimum Gasteiger partial charge on any atom is -0.396 e. The molecule has 0 aromatic carbocycles. The van der Waals surface area contributed by atoms with Gasteiger partial charge in [-0.2, -0.15) is 0 Å². The molecule has 1 atom stereocenters. The first-order valence-corrected chi connectivity index (χ1v) is 8.67. The van der Waals surface area contributed by atoms with Crippen molar-refractivity contribution in [2.75, 3.05) is 12.3 Å². The minimum atomic E-state index is -3.47. The summed E-state index contributed by atoms with van der Waals surface area (Å²) in [6.45, 7) is 0.511. The van der Waals surface area contributed by atoms with Crippen LogP contribution in [0.2, 0.25) is 0 Å². The van der Waals surface area contributed by atoms with Gasteiger partial charge in [-0.25, -0.2) is 13.4 Å². The molecular formula is C14H20N2O3S. The third-order valence-corrected chi connectivity index (χ3v) is 6.63. The molecule has 0 amide bonds. The molecule has 0 bridgehead atoms. The lowest BCUT2D eigenvalue weighted by Crippen LogP contribution is -2.42. The van der Waals surface area contributed by atoms with Crippen molar-refractivity contribution >= 4 is 15.5 Å². The number of nitrogens with two attached hydrogens (primary N) is 1. The minimum absolute atomic E-state index is 0.0278. The van der Waals surface area contributed by atoms with Gasteiger partial charge >= 0.3 is 0 Å². The van der Waals surface area contributed by atoms with Crippen LogP contribution in [-0.4, -0.2) is 30.9 Å². The molecule has 1 aliphatic carbocycles. The van der Waals surface area contributed by atoms with E-state index in [0.29, 0.717) is 19.4 Å². The molecule has 6 heteroatoms. The number of aromatic nitrogens is 1. The van der Waals surface area contributed by atoms with Gasteiger partial charge in [-0.1, -0.05) is 12.8 Å². The molecule has 2 aliphatic rings. The number of rotatable bonds is 2. The molecule has 1 unspecified atom stereocenters. The monoisotopic (exact) mass is 296 g/mol. The third-order valence-electron chi connectivity index (χ3n) is 4.47. The Morgan fingerprint density at radius 3 is 2.80 bits per heavy atom. The molecule has 3 rings (SSSR count). The van der Waals surface area contributed by atoms with E-state index in [2.05, 4.69) is 4.98 Å². The van der Waals surface area contributed by atoms with Gasteiger partial charge in [0.15, 0.2) is 5.03 Å². The third kappa shape index (κ3) is 2.31. The van der Waals surface area contributed by atoms with Crippen LogP contribution in [0, 0.1) is 0 Å². The summed E-state index contributed by atoms with van der Waals surface area (Å²) in [5.74, 6) is 0. The number of hydrogen-bond acceptors (Lipinski definition) is 5. The van der Waals surface area contributed by atoms with E-state index in [4.69, 9.17) is 10.5 Å². The van der Waals surface area contributed by atoms with Crippen molar-refractivity contribution in [3.63, 3.8) is 0 Å². The van der Waals surface area contributed by atoms with Gasteiger partial charge in [0.05, 0.1) is 16.5 Å². The standard InChI is InChI=1S/C14H20N2O3S/c15-12-4-3-8-16-13(12)20(17,18)11-5-9-19-14(10-11)6-1-2-7-14/h3-4,8,11H,1-2,5-7,9-10,15H2. The normalized spacial score (nSPS) is 25.9. The lowest BCUT2D eigenvalue weighted by molar-refractivity contribution is -0.0713. The Labute approximate surface area is 119 Å². The number of anilines is 1. The van der Waals surface area contributed by atoms with Crippen molar-refractivity contribution in [1.29, 1.82) is 0 Å². The van der Waals surface area contributed by atoms with Crippen LogP contribution in [0.15, 0.2) is 23.4 Å². The zero-order valence-electron chi connectivity index (χ0n) is 11.4. The fraction of sp³-hybridized carbons (Fsp3) is 0.643. The Morgan fingerprint density at radius 2 is 2.10 bits per heavy atom. The zero-order valence-corrected chi connectivity index (χ0v) is 12.2. The summed E-state index contributed by atoms with van der Waals surface area (Å²) in [5, 5.41) is -0.397. The summed E-state index contributed by atoms with van der Waals surface area (Å²) in [6, 6.07) is 3.24. The predicted molar refractivity (Wildman–Crippen MR) is 76.0 cm³/mol. The molecule has 1 aliphatic heterocycles. The molecule has 2 N–H and O–H groups in total. The van der Waals surface area contributed by atoms with Gasteiger partial charge in [0, 0.05) is 12.8 Å². The van der Waals surface area contributed by atoms with Crippen LogP contribution < -0.4 is 5.73 Å². The molecule has 1 saturated heterocycles. The number of hydrogen-bond donors (Lipinski definition) is 1. The van der Waals surface area contributed by atoms with Crippen molar-refractivity contribution in [3.8, 4) is 0 Å². The van der Waals surface area contributed by atoms with Crippen molar-refractivity contribution in [3.05, 3.63) is 18.3 Å². The van der Waals surface area contributed by atoms with E-state index in [1.807, 2.05) is 0 Å². The summed E-state index contributed by atoms with van der Waals surface area (Å²) in [4.78, 5) is 3.99. The van der Waals surface area contributed by atoms with Crippen LogP contribution in [0.1, 0.15) is 38.5 Å². The molecule has 1 saturated carbocycles. The van der Waals surface area contributed by atoms with Crippen LogP contribution in [0.4, 0.5) is 5.69 Å². The van der Waals surface area contributed by atoms with Gasteiger partial charge in [0.2, 0.25) is 9.84 Å². The highest BCUT2D eigenvalue weighted by molar-refractivity contribution is 7.92. The Morgan fingerprint density at radius 1 is 1.35 bits per heavy atom. The molecule has 1 aromatic heterocycles. The topological polar surface area (TPSA) is 82.3 Å². The number of nitrogen functional groups attached to an aromatic ring is 1. The van der Waals surface area contributed by atoms with Gasteiger partial charge < -0.3 is 10.5 Å². The van der Waals surface area contributed by atoms with Gasteiger partial charge in [0.25, 0.3) is 0 Å². The maximum Gasteiger partial charge on any atom is 0.200 e. The molecule has 5 nitrogen and oxygen atoms in total. The summed E-state index contributed by atoms with van der Waals surface area (Å²) >= 11 is 0. The van der Waals surface area contributed by atoms with Crippen LogP contribution >= 0.6 is 0 Å². The second-order valence-corrected chi connectivity index (χ2v) is 7.94. The predicted octanol–water partition coefficient (Wildman–Crippen LogP) is 1.93. The number of ether oxygens (including phenoxy) is 1. The lowest BCUT2D eigenvalue weighted by Gasteiger charge is -2.37. The average molecular weight is 296 g/mol. The van der Waals surface area contributed by atoms with Gasteiger partial charge in [-0.05, 0) is 37.8 Å². The van der Waals surface area contributed by atoms with Crippen LogP contribution in [0.25, 0.3) is 0 Å². The second kappa shape index (κ2) is 5.00. The second-order valence-electron chi connectivity index (χ2n) is 5.80. The van der Waals surface area contributed by atoms with Gasteiger partial charge in [-0.3, -0.25) is 0 Å². The molecule has 1 spiro atoms. The number of nitrogens with zero attached hydrogens (tertiary/aromatic N) is 1. The first kappa shape index (κ1) is 13.8. The van der Waals surface area contributed by atoms with Crippen molar-refractivity contribution in [2.24, 2.45) is 0 Å². The Bertz CT molecular complexity index is 594. The highest BCUT2D eigenvalue weighted by Crippen LogP contribution is 2.42. The van der Waals surface area contributed by atoms with E-state index < -0.39 is 15.1 Å². The van der Waals surface area contributed by atoms with Crippen LogP contribution in [-0.2, 0) is 14.6 Å². The number of sulfone groups is 1. The molecular weight excluding hydrogens is 276 g/mol. The van der Waals surface area contributed by atoms with E-state index in [1.54, 1.807) is 12.1 Å². The highest BCUT2D eigenvalue weighted by Gasteiger charge is 2.45. The molecule has 2 fully saturated rings. The first-order chi connectivity index (χ1) is 9.54. The van der Waals surface area contributed by atoms with E-state index in [-0.39, 0.29) is 16.3 Å². The van der Waals surface area contributed by atoms with Crippen molar-refractivity contribution < 1.29 is 13.2 Å². The van der Waals surface area contributed by atoms with Crippen molar-refractivity contribution in [1.82, 2.24) is 4.98 Å². The highest BCUT2D eigenvalue weighted by atomic mass is 32.2. The van der Waals surface area contributed by atoms with Gasteiger partial charge in [0.1, 0.15) is 0 Å². The fourth-order valence-corrected chi connectivity index (χ4v) is 5.26. The molecule has 1 aromatic rings. The lowest BCUT2D eigenvalue weighted by atomic mass is 9.92. The van der Waals surface area contributed by atoms with Gasteiger partial charge in [-0.15, -0.1) is 0 Å². The molecule has 2 heterocycles. The van der Waals surface area contributed by atoms with Crippen LogP contribution in [0.5, 0.6) is 0 Å². The zero-order chi connectivity index (χ0) is 14.2. The summed E-state index contributed by atoms with van der Waals surface area (Å²) in [5.41, 5.74) is 5.80. The van der Waals surface area contributed by atoms with E-state index in [0.717, 1.165) is 25.7 Å². The first-order valence-electron chi connectivity index (χ1n) is 7.12. The number of pyridine rings is 1. The van der Waals surface area contributed by atoms with E-state index in [9.17, 15) is 8.42 Å². The molecule has 0 radical (unpaired) electrons. The SMILES string of the molecule is Nc1cccnc1S(=O)(=O)C1CCOC2(CCCC2)C1. The Balaban J connectivity index is 1.90. The van der Waals surface area contributed by atoms with E-state index in [1.165, 1.54) is 6.20 Å². The summed E-state index contributed by atoms with van der Waals surface area (Å²) in [6.07, 6.45) is 6.77. The van der Waals surface area contributed by atoms with Crippen LogP contribution in [0.3, 0.4) is 0 Å². The van der Waals surface area contributed by atoms with Crippen molar-refractivity contribution in [2.45, 2.75) is 54.4 Å². The summed E-state index contributed by atoms with van der Waals surface area (Å²) in [7, 11) is -3.47. The Hall–Kier alpha value is -1.14. The summed E-state index contributed by atoms with van der Waals surface area (Å²) < 4.78 is 31.4. The molecule has 110 valence electrons. The maximum atomic E-state index is 12.8. The maximum absolute atomic E-state index is 12.8. The average Bonchev–Trinajstić information content (AvgIpc) is 2.87. The fourth-order valence-electron chi connectivity index (χ4n) is 3.41. The quantitative estimate of drug-likeness (QED) is 0.901. The largest absolute Gasteiger partial charge is 0.396 e.